The summed E-state index contributed by atoms with van der Waals surface area (Å²) in [5.41, 5.74) is 4.01. The molecule has 4 aromatic rings. The van der Waals surface area contributed by atoms with Crippen LogP contribution in [0.5, 0.6) is 5.75 Å². The number of hydrogen-bond donors (Lipinski definition) is 2. The molecule has 4 rings (SSSR count). The summed E-state index contributed by atoms with van der Waals surface area (Å²) in [7, 11) is 1.64. The molecule has 0 saturated carbocycles. The third kappa shape index (κ3) is 4.58. The van der Waals surface area contributed by atoms with Crippen molar-refractivity contribution in [2.45, 2.75) is 19.6 Å². The molecule has 0 fully saturated rings. The number of nitrogens with zero attached hydrogens (tertiary/aromatic N) is 1. The van der Waals surface area contributed by atoms with E-state index >= 15 is 0 Å². The van der Waals surface area contributed by atoms with Crippen LogP contribution < -0.4 is 10.1 Å². The van der Waals surface area contributed by atoms with Gasteiger partial charge in [0.15, 0.2) is 0 Å². The highest BCUT2D eigenvalue weighted by molar-refractivity contribution is 6.30. The minimum Gasteiger partial charge on any atom is -0.497 e. The summed E-state index contributed by atoms with van der Waals surface area (Å²) in [5.74, 6) is -0.138. The first-order valence-electron chi connectivity index (χ1n) is 9.98. The Labute approximate surface area is 185 Å². The highest BCUT2D eigenvalue weighted by atomic mass is 35.5. The second kappa shape index (κ2) is 9.25. The van der Waals surface area contributed by atoms with Crippen LogP contribution >= 0.6 is 11.6 Å². The van der Waals surface area contributed by atoms with Gasteiger partial charge in [-0.3, -0.25) is 0 Å². The van der Waals surface area contributed by atoms with Crippen molar-refractivity contribution in [1.29, 1.82) is 0 Å². The summed E-state index contributed by atoms with van der Waals surface area (Å²) in [6.07, 6.45) is 0. The lowest BCUT2D eigenvalue weighted by atomic mass is 10.1. The molecule has 0 atom stereocenters. The van der Waals surface area contributed by atoms with Gasteiger partial charge in [0.05, 0.1) is 7.11 Å². The molecule has 0 aliphatic rings. The zero-order valence-corrected chi connectivity index (χ0v) is 17.9. The standard InChI is InChI=1S/C25H23ClN2O3/c1-31-20-11-9-17(10-12-20)14-27-15-22-21-7-2-3-8-23(21)28(24(22)25(29)30)16-18-5-4-6-19(26)13-18/h2-13,27H,14-16H2,1H3,(H,29,30). The number of carboxylic acids is 1. The van der Waals surface area contributed by atoms with Crippen molar-refractivity contribution < 1.29 is 14.6 Å². The van der Waals surface area contributed by atoms with Gasteiger partial charge >= 0.3 is 5.97 Å². The fourth-order valence-electron chi connectivity index (χ4n) is 3.86. The van der Waals surface area contributed by atoms with E-state index in [2.05, 4.69) is 5.32 Å². The molecule has 0 aliphatic carbocycles. The maximum atomic E-state index is 12.3. The average Bonchev–Trinajstić information content (AvgIpc) is 3.08. The van der Waals surface area contributed by atoms with E-state index in [1.54, 1.807) is 7.11 Å². The molecule has 1 heterocycles. The van der Waals surface area contributed by atoms with E-state index in [0.717, 1.165) is 33.3 Å². The molecule has 3 aromatic carbocycles. The van der Waals surface area contributed by atoms with Gasteiger partial charge in [0.2, 0.25) is 0 Å². The molecule has 31 heavy (non-hydrogen) atoms. The zero-order chi connectivity index (χ0) is 21.8. The van der Waals surface area contributed by atoms with Crippen LogP contribution in [0, 0.1) is 0 Å². The highest BCUT2D eigenvalue weighted by Gasteiger charge is 2.22. The maximum absolute atomic E-state index is 12.3. The Balaban J connectivity index is 1.65. The number of hydrogen-bond acceptors (Lipinski definition) is 3. The van der Waals surface area contributed by atoms with Gasteiger partial charge < -0.3 is 19.7 Å². The van der Waals surface area contributed by atoms with Crippen molar-refractivity contribution in [3.8, 4) is 5.75 Å². The molecule has 0 radical (unpaired) electrons. The average molecular weight is 435 g/mol. The number of rotatable bonds is 8. The van der Waals surface area contributed by atoms with Gasteiger partial charge in [0.1, 0.15) is 11.4 Å². The van der Waals surface area contributed by atoms with Crippen LogP contribution in [-0.2, 0) is 19.6 Å². The predicted molar refractivity (Wildman–Crippen MR) is 123 cm³/mol. The monoisotopic (exact) mass is 434 g/mol. The molecule has 0 amide bonds. The van der Waals surface area contributed by atoms with Gasteiger partial charge in [-0.15, -0.1) is 0 Å². The lowest BCUT2D eigenvalue weighted by Gasteiger charge is -2.10. The minimum atomic E-state index is -0.945. The number of benzene rings is 3. The van der Waals surface area contributed by atoms with Gasteiger partial charge in [-0.2, -0.15) is 0 Å². The maximum Gasteiger partial charge on any atom is 0.352 e. The number of fused-ring (bicyclic) bond motifs is 1. The fraction of sp³-hybridized carbons (Fsp3) is 0.160. The second-order valence-corrected chi connectivity index (χ2v) is 7.75. The molecule has 0 unspecified atom stereocenters. The van der Waals surface area contributed by atoms with Gasteiger partial charge in [0, 0.05) is 41.1 Å². The summed E-state index contributed by atoms with van der Waals surface area (Å²) < 4.78 is 7.05. The smallest absolute Gasteiger partial charge is 0.352 e. The number of halogens is 1. The van der Waals surface area contributed by atoms with Gasteiger partial charge in [-0.1, -0.05) is 54.1 Å². The number of nitrogens with one attached hydrogen (secondary N) is 1. The van der Waals surface area contributed by atoms with Crippen LogP contribution in [-0.4, -0.2) is 22.8 Å². The first kappa shape index (κ1) is 21.0. The third-order valence-corrected chi connectivity index (χ3v) is 5.53. The van der Waals surface area contributed by atoms with Gasteiger partial charge in [0.25, 0.3) is 0 Å². The SMILES string of the molecule is COc1ccc(CNCc2c(C(=O)O)n(Cc3cccc(Cl)c3)c3ccccc23)cc1. The Morgan fingerprint density at radius 1 is 1.00 bits per heavy atom. The van der Waals surface area contributed by atoms with E-state index in [1.807, 2.05) is 77.4 Å². The topological polar surface area (TPSA) is 63.5 Å². The Morgan fingerprint density at radius 3 is 2.48 bits per heavy atom. The van der Waals surface area contributed by atoms with E-state index in [1.165, 1.54) is 0 Å². The minimum absolute atomic E-state index is 0.295. The van der Waals surface area contributed by atoms with Crippen molar-refractivity contribution in [2.24, 2.45) is 0 Å². The molecule has 0 saturated heterocycles. The quantitative estimate of drug-likeness (QED) is 0.393. The number of aromatic carboxylic acids is 1. The van der Waals surface area contributed by atoms with Crippen molar-refractivity contribution in [1.82, 2.24) is 9.88 Å². The van der Waals surface area contributed by atoms with Crippen molar-refractivity contribution in [2.75, 3.05) is 7.11 Å². The van der Waals surface area contributed by atoms with E-state index < -0.39 is 5.97 Å². The summed E-state index contributed by atoms with van der Waals surface area (Å²) in [4.78, 5) is 12.3. The fourth-order valence-corrected chi connectivity index (χ4v) is 4.07. The summed E-state index contributed by atoms with van der Waals surface area (Å²) in [5, 5.41) is 15.0. The molecule has 2 N–H and O–H groups in total. The number of ether oxygens (including phenoxy) is 1. The number of carbonyl (C=O) groups is 1. The predicted octanol–water partition coefficient (Wildman–Crippen LogP) is 5.34. The van der Waals surface area contributed by atoms with Crippen molar-refractivity contribution in [3.63, 3.8) is 0 Å². The van der Waals surface area contributed by atoms with Crippen molar-refractivity contribution >= 4 is 28.5 Å². The van der Waals surface area contributed by atoms with Gasteiger partial charge in [-0.25, -0.2) is 4.79 Å². The van der Waals surface area contributed by atoms with E-state index in [0.29, 0.717) is 30.4 Å². The Hall–Kier alpha value is -3.28. The molecular weight excluding hydrogens is 412 g/mol. The molecule has 0 aliphatic heterocycles. The second-order valence-electron chi connectivity index (χ2n) is 7.32. The normalized spacial score (nSPS) is 11.0. The molecule has 5 nitrogen and oxygen atoms in total. The van der Waals surface area contributed by atoms with Gasteiger partial charge in [-0.05, 0) is 41.5 Å². The van der Waals surface area contributed by atoms with Crippen LogP contribution in [0.3, 0.4) is 0 Å². The molecular formula is C25H23ClN2O3. The Morgan fingerprint density at radius 2 is 1.77 bits per heavy atom. The summed E-state index contributed by atoms with van der Waals surface area (Å²) in [6.45, 7) is 1.49. The van der Waals surface area contributed by atoms with Crippen LogP contribution in [0.2, 0.25) is 5.02 Å². The zero-order valence-electron chi connectivity index (χ0n) is 17.1. The molecule has 158 valence electrons. The van der Waals surface area contributed by atoms with Crippen LogP contribution in [0.4, 0.5) is 0 Å². The number of methoxy groups -OCH3 is 1. The largest absolute Gasteiger partial charge is 0.497 e. The lowest BCUT2D eigenvalue weighted by Crippen LogP contribution is -2.17. The third-order valence-electron chi connectivity index (χ3n) is 5.30. The van der Waals surface area contributed by atoms with E-state index in [4.69, 9.17) is 16.3 Å². The van der Waals surface area contributed by atoms with E-state index in [9.17, 15) is 9.90 Å². The van der Waals surface area contributed by atoms with Crippen LogP contribution in [0.1, 0.15) is 27.2 Å². The summed E-state index contributed by atoms with van der Waals surface area (Å²) >= 11 is 6.14. The first-order chi connectivity index (χ1) is 15.1. The number of para-hydroxylation sites is 1. The Bertz CT molecular complexity index is 1220. The highest BCUT2D eigenvalue weighted by Crippen LogP contribution is 2.28. The molecule has 1 aromatic heterocycles. The Kier molecular flexibility index (Phi) is 6.26. The van der Waals surface area contributed by atoms with Crippen LogP contribution in [0.25, 0.3) is 10.9 Å². The summed E-state index contributed by atoms with van der Waals surface area (Å²) in [6, 6.07) is 23.1. The molecule has 6 heteroatoms. The molecule has 0 bridgehead atoms. The number of aromatic nitrogens is 1. The number of carboxylic acid groups (broad SMARTS) is 1. The van der Waals surface area contributed by atoms with E-state index in [-0.39, 0.29) is 0 Å². The van der Waals surface area contributed by atoms with Crippen molar-refractivity contribution in [3.05, 3.63) is 100 Å². The lowest BCUT2D eigenvalue weighted by molar-refractivity contribution is 0.0685. The van der Waals surface area contributed by atoms with Crippen LogP contribution in [0.15, 0.2) is 72.8 Å². The molecule has 0 spiro atoms. The first-order valence-corrected chi connectivity index (χ1v) is 10.4.